The molecule has 4 aromatic rings. The maximum absolute atomic E-state index is 5.66. The van der Waals surface area contributed by atoms with Gasteiger partial charge in [-0.3, -0.25) is 15.0 Å². The highest BCUT2D eigenvalue weighted by atomic mass is 79.9. The lowest BCUT2D eigenvalue weighted by molar-refractivity contribution is 1.07. The van der Waals surface area contributed by atoms with E-state index in [1.807, 2.05) is 53.1 Å². The molecule has 0 radical (unpaired) electrons. The SMILES string of the molecule is NNc1nc2cnc3ccc(Br)cc3c2n1-c1ccccc1. The number of hydrogen-bond donors (Lipinski definition) is 2. The number of nitrogens with two attached hydrogens (primary N) is 1. The van der Waals surface area contributed by atoms with Crippen molar-refractivity contribution in [2.24, 2.45) is 5.84 Å². The van der Waals surface area contributed by atoms with Crippen molar-refractivity contribution in [1.29, 1.82) is 0 Å². The highest BCUT2D eigenvalue weighted by Crippen LogP contribution is 2.31. The number of aromatic nitrogens is 3. The third-order valence-corrected chi connectivity index (χ3v) is 4.08. The van der Waals surface area contributed by atoms with Crippen LogP contribution in [0.1, 0.15) is 0 Å². The molecule has 2 aromatic heterocycles. The summed E-state index contributed by atoms with van der Waals surface area (Å²) in [6.45, 7) is 0. The number of nitrogens with zero attached hydrogens (tertiary/aromatic N) is 3. The van der Waals surface area contributed by atoms with Crippen molar-refractivity contribution in [2.75, 3.05) is 5.43 Å². The van der Waals surface area contributed by atoms with Crippen LogP contribution in [-0.2, 0) is 0 Å². The fraction of sp³-hybridized carbons (Fsp3) is 0. The van der Waals surface area contributed by atoms with Gasteiger partial charge in [-0.2, -0.15) is 0 Å². The van der Waals surface area contributed by atoms with Gasteiger partial charge in [0.2, 0.25) is 5.95 Å². The summed E-state index contributed by atoms with van der Waals surface area (Å²) in [5, 5.41) is 1.02. The molecule has 0 atom stereocenters. The van der Waals surface area contributed by atoms with Gasteiger partial charge >= 0.3 is 0 Å². The molecule has 4 rings (SSSR count). The first-order chi connectivity index (χ1) is 10.8. The second-order valence-corrected chi connectivity index (χ2v) is 5.82. The Morgan fingerprint density at radius 3 is 2.64 bits per heavy atom. The number of benzene rings is 2. The van der Waals surface area contributed by atoms with Gasteiger partial charge in [-0.25, -0.2) is 10.8 Å². The Labute approximate surface area is 134 Å². The summed E-state index contributed by atoms with van der Waals surface area (Å²) in [5.74, 6) is 6.24. The van der Waals surface area contributed by atoms with Crippen LogP contribution in [0.2, 0.25) is 0 Å². The van der Waals surface area contributed by atoms with Gasteiger partial charge in [-0.05, 0) is 30.3 Å². The Hall–Kier alpha value is -2.44. The molecule has 0 fully saturated rings. The van der Waals surface area contributed by atoms with Crippen LogP contribution in [-0.4, -0.2) is 14.5 Å². The molecular weight excluding hydrogens is 342 g/mol. The van der Waals surface area contributed by atoms with E-state index in [0.29, 0.717) is 5.95 Å². The number of nitrogen functional groups attached to an aromatic ring is 1. The van der Waals surface area contributed by atoms with Gasteiger partial charge in [-0.15, -0.1) is 0 Å². The van der Waals surface area contributed by atoms with Gasteiger partial charge in [0.05, 0.1) is 17.2 Å². The molecule has 0 aliphatic rings. The molecule has 6 heteroatoms. The van der Waals surface area contributed by atoms with E-state index in [0.717, 1.165) is 32.1 Å². The fourth-order valence-electron chi connectivity index (χ4n) is 2.65. The van der Waals surface area contributed by atoms with Gasteiger partial charge in [-0.1, -0.05) is 34.1 Å². The van der Waals surface area contributed by atoms with Gasteiger partial charge in [0.1, 0.15) is 5.52 Å². The summed E-state index contributed by atoms with van der Waals surface area (Å²) in [6, 6.07) is 16.0. The zero-order valence-electron chi connectivity index (χ0n) is 11.5. The molecule has 0 saturated carbocycles. The Morgan fingerprint density at radius 1 is 1.05 bits per heavy atom. The van der Waals surface area contributed by atoms with Crippen LogP contribution in [0, 0.1) is 0 Å². The first kappa shape index (κ1) is 13.2. The number of para-hydroxylation sites is 1. The third kappa shape index (κ3) is 1.96. The predicted molar refractivity (Wildman–Crippen MR) is 91.9 cm³/mol. The van der Waals surface area contributed by atoms with Crippen molar-refractivity contribution in [3.05, 3.63) is 59.2 Å². The predicted octanol–water partition coefficient (Wildman–Crippen LogP) is 3.62. The molecule has 0 unspecified atom stereocenters. The van der Waals surface area contributed by atoms with E-state index in [9.17, 15) is 0 Å². The Kier molecular flexibility index (Phi) is 3.06. The average molecular weight is 354 g/mol. The van der Waals surface area contributed by atoms with Gasteiger partial charge in [0, 0.05) is 15.5 Å². The Bertz CT molecular complexity index is 978. The van der Waals surface area contributed by atoms with Crippen LogP contribution in [0.25, 0.3) is 27.6 Å². The Balaban J connectivity index is 2.19. The van der Waals surface area contributed by atoms with Crippen LogP contribution in [0.4, 0.5) is 5.95 Å². The molecule has 5 nitrogen and oxygen atoms in total. The summed E-state index contributed by atoms with van der Waals surface area (Å²) in [4.78, 5) is 9.00. The van der Waals surface area contributed by atoms with Crippen molar-refractivity contribution in [1.82, 2.24) is 14.5 Å². The van der Waals surface area contributed by atoms with Crippen LogP contribution in [0.5, 0.6) is 0 Å². The first-order valence-electron chi connectivity index (χ1n) is 6.76. The first-order valence-corrected chi connectivity index (χ1v) is 7.56. The second kappa shape index (κ2) is 5.08. The van der Waals surface area contributed by atoms with Gasteiger partial charge in [0.15, 0.2) is 0 Å². The standard InChI is InChI=1S/C16H12BrN5/c17-10-6-7-13-12(8-10)15-14(9-19-13)20-16(21-18)22(15)11-4-2-1-3-5-11/h1-9H,18H2,(H,20,21). The minimum Gasteiger partial charge on any atom is -0.293 e. The lowest BCUT2D eigenvalue weighted by Gasteiger charge is -2.09. The summed E-state index contributed by atoms with van der Waals surface area (Å²) < 4.78 is 3.00. The Morgan fingerprint density at radius 2 is 1.86 bits per heavy atom. The number of nitrogens with one attached hydrogen (secondary N) is 1. The number of anilines is 1. The molecule has 0 amide bonds. The van der Waals surface area contributed by atoms with Crippen molar-refractivity contribution in [3.63, 3.8) is 0 Å². The molecule has 0 bridgehead atoms. The highest BCUT2D eigenvalue weighted by Gasteiger charge is 2.15. The van der Waals surface area contributed by atoms with Crippen molar-refractivity contribution in [3.8, 4) is 5.69 Å². The molecule has 3 N–H and O–H groups in total. The molecule has 0 spiro atoms. The maximum Gasteiger partial charge on any atom is 0.223 e. The molecule has 0 aliphatic carbocycles. The summed E-state index contributed by atoms with van der Waals surface area (Å²) >= 11 is 3.53. The zero-order valence-corrected chi connectivity index (χ0v) is 13.1. The van der Waals surface area contributed by atoms with Crippen LogP contribution in [0.15, 0.2) is 59.2 Å². The second-order valence-electron chi connectivity index (χ2n) is 4.90. The van der Waals surface area contributed by atoms with E-state index in [2.05, 4.69) is 31.3 Å². The summed E-state index contributed by atoms with van der Waals surface area (Å²) in [7, 11) is 0. The van der Waals surface area contributed by atoms with Crippen molar-refractivity contribution >= 4 is 43.8 Å². The van der Waals surface area contributed by atoms with Crippen LogP contribution < -0.4 is 11.3 Å². The number of rotatable bonds is 2. The molecular formula is C16H12BrN5. The van der Waals surface area contributed by atoms with Crippen LogP contribution >= 0.6 is 15.9 Å². The number of hydrazine groups is 1. The lowest BCUT2D eigenvalue weighted by atomic mass is 10.2. The maximum atomic E-state index is 5.66. The molecule has 108 valence electrons. The normalized spacial score (nSPS) is 11.2. The van der Waals surface area contributed by atoms with E-state index in [1.165, 1.54) is 0 Å². The smallest absolute Gasteiger partial charge is 0.223 e. The number of pyridine rings is 1. The molecule has 2 heterocycles. The molecule has 2 aromatic carbocycles. The number of fused-ring (bicyclic) bond motifs is 3. The third-order valence-electron chi connectivity index (χ3n) is 3.59. The van der Waals surface area contributed by atoms with Crippen LogP contribution in [0.3, 0.4) is 0 Å². The molecule has 0 aliphatic heterocycles. The minimum atomic E-state index is 0.579. The minimum absolute atomic E-state index is 0.579. The van der Waals surface area contributed by atoms with E-state index >= 15 is 0 Å². The van der Waals surface area contributed by atoms with E-state index in [-0.39, 0.29) is 0 Å². The monoisotopic (exact) mass is 353 g/mol. The molecule has 22 heavy (non-hydrogen) atoms. The summed E-state index contributed by atoms with van der Waals surface area (Å²) in [6.07, 6.45) is 1.77. The lowest BCUT2D eigenvalue weighted by Crippen LogP contribution is -2.12. The van der Waals surface area contributed by atoms with E-state index in [4.69, 9.17) is 5.84 Å². The van der Waals surface area contributed by atoms with E-state index in [1.54, 1.807) is 6.20 Å². The fourth-order valence-corrected chi connectivity index (χ4v) is 3.01. The average Bonchev–Trinajstić information content (AvgIpc) is 2.94. The topological polar surface area (TPSA) is 68.8 Å². The number of halogens is 1. The van der Waals surface area contributed by atoms with Gasteiger partial charge in [0.25, 0.3) is 0 Å². The quantitative estimate of drug-likeness (QED) is 0.426. The molecule has 0 saturated heterocycles. The number of imidazole rings is 1. The van der Waals surface area contributed by atoms with E-state index < -0.39 is 0 Å². The zero-order chi connectivity index (χ0) is 15.1. The number of hydrogen-bond acceptors (Lipinski definition) is 4. The van der Waals surface area contributed by atoms with Crippen molar-refractivity contribution < 1.29 is 0 Å². The summed E-state index contributed by atoms with van der Waals surface area (Å²) in [5.41, 5.74) is 6.35. The van der Waals surface area contributed by atoms with Gasteiger partial charge < -0.3 is 0 Å². The highest BCUT2D eigenvalue weighted by molar-refractivity contribution is 9.10. The van der Waals surface area contributed by atoms with Crippen molar-refractivity contribution in [2.45, 2.75) is 0 Å². The largest absolute Gasteiger partial charge is 0.293 e.